The standard InChI is InChI=1S/C30H36N6O4/c1-6-22-14-27(33-30(31-22)34(3)4)36-15-24-26(16-36)39-18-20-8-7-9-23(12-20)40-25-13-21(11-10-19(25)2)29(38)35(5)17-28(37)32-24/h7-14,24,26H,6,15-18H2,1-5H3,(H,32,37)/t24-,26-/m0/s1. The molecule has 2 aliphatic heterocycles. The molecule has 2 aromatic carbocycles. The van der Waals surface area contributed by atoms with Gasteiger partial charge in [0.25, 0.3) is 5.91 Å². The lowest BCUT2D eigenvalue weighted by atomic mass is 10.1. The summed E-state index contributed by atoms with van der Waals surface area (Å²) in [5, 5.41) is 3.12. The summed E-state index contributed by atoms with van der Waals surface area (Å²) in [6.07, 6.45) is 0.491. The first-order valence-corrected chi connectivity index (χ1v) is 13.5. The van der Waals surface area contributed by atoms with Gasteiger partial charge in [0.2, 0.25) is 11.9 Å². The Balaban J connectivity index is 1.45. The average Bonchev–Trinajstić information content (AvgIpc) is 3.34. The van der Waals surface area contributed by atoms with Crippen LogP contribution in [0.25, 0.3) is 0 Å². The minimum Gasteiger partial charge on any atom is -0.457 e. The summed E-state index contributed by atoms with van der Waals surface area (Å²) in [6.45, 7) is 5.34. The fourth-order valence-electron chi connectivity index (χ4n) is 4.91. The smallest absolute Gasteiger partial charge is 0.254 e. The van der Waals surface area contributed by atoms with Crippen LogP contribution in [0.1, 0.15) is 34.1 Å². The summed E-state index contributed by atoms with van der Waals surface area (Å²) in [4.78, 5) is 41.1. The number of fused-ring (bicyclic) bond motifs is 5. The van der Waals surface area contributed by atoms with E-state index in [1.807, 2.05) is 62.3 Å². The van der Waals surface area contributed by atoms with E-state index in [1.165, 1.54) is 4.90 Å². The molecular weight excluding hydrogens is 508 g/mol. The van der Waals surface area contributed by atoms with E-state index in [4.69, 9.17) is 14.5 Å². The molecule has 0 aliphatic carbocycles. The van der Waals surface area contributed by atoms with Crippen LogP contribution in [-0.4, -0.2) is 79.6 Å². The second-order valence-electron chi connectivity index (χ2n) is 10.6. The van der Waals surface area contributed by atoms with Gasteiger partial charge in [-0.25, -0.2) is 4.98 Å². The van der Waals surface area contributed by atoms with E-state index in [0.717, 1.165) is 29.1 Å². The minimum absolute atomic E-state index is 0.0799. The van der Waals surface area contributed by atoms with Crippen molar-refractivity contribution >= 4 is 23.6 Å². The highest BCUT2D eigenvalue weighted by Crippen LogP contribution is 2.29. The first kappa shape index (κ1) is 27.4. The number of likely N-dealkylation sites (N-methyl/N-ethyl adjacent to an activating group) is 1. The zero-order chi connectivity index (χ0) is 28.4. The van der Waals surface area contributed by atoms with Gasteiger partial charge in [-0.05, 0) is 48.7 Å². The molecule has 10 nitrogen and oxygen atoms in total. The number of rotatable bonds is 3. The number of ether oxygens (including phenoxy) is 2. The number of amides is 2. The van der Waals surface area contributed by atoms with Crippen LogP contribution in [0, 0.1) is 6.92 Å². The number of carbonyl (C=O) groups is 2. The Morgan fingerprint density at radius 3 is 2.67 bits per heavy atom. The van der Waals surface area contributed by atoms with Crippen molar-refractivity contribution in [2.75, 3.05) is 50.6 Å². The first-order valence-electron chi connectivity index (χ1n) is 13.5. The van der Waals surface area contributed by atoms with E-state index in [2.05, 4.69) is 22.1 Å². The molecule has 1 saturated heterocycles. The number of hydrogen-bond donors (Lipinski definition) is 1. The Morgan fingerprint density at radius 2 is 1.90 bits per heavy atom. The van der Waals surface area contributed by atoms with Crippen molar-refractivity contribution in [1.82, 2.24) is 20.2 Å². The van der Waals surface area contributed by atoms with Crippen molar-refractivity contribution in [2.45, 2.75) is 39.0 Å². The second kappa shape index (κ2) is 11.5. The number of aromatic nitrogens is 2. The normalized spacial score (nSPS) is 19.6. The van der Waals surface area contributed by atoms with Gasteiger partial charge < -0.3 is 29.5 Å². The van der Waals surface area contributed by atoms with E-state index in [9.17, 15) is 9.59 Å². The molecule has 40 heavy (non-hydrogen) atoms. The van der Waals surface area contributed by atoms with Crippen molar-refractivity contribution in [3.63, 3.8) is 0 Å². The molecule has 10 heteroatoms. The minimum atomic E-state index is -0.294. The van der Waals surface area contributed by atoms with E-state index < -0.39 is 0 Å². The highest BCUT2D eigenvalue weighted by molar-refractivity contribution is 5.96. The Hall–Kier alpha value is -4.18. The summed E-state index contributed by atoms with van der Waals surface area (Å²) in [5.74, 6) is 2.18. The molecule has 2 aliphatic rings. The molecule has 2 amide bonds. The summed E-state index contributed by atoms with van der Waals surface area (Å²) in [5.41, 5.74) is 3.25. The monoisotopic (exact) mass is 544 g/mol. The largest absolute Gasteiger partial charge is 0.457 e. The lowest BCUT2D eigenvalue weighted by Crippen LogP contribution is -2.48. The third-order valence-corrected chi connectivity index (χ3v) is 7.21. The Bertz CT molecular complexity index is 1410. The van der Waals surface area contributed by atoms with Crippen LogP contribution in [0.15, 0.2) is 48.5 Å². The van der Waals surface area contributed by atoms with Crippen molar-refractivity contribution in [2.24, 2.45) is 0 Å². The molecule has 0 saturated carbocycles. The van der Waals surface area contributed by atoms with Crippen molar-refractivity contribution < 1.29 is 19.1 Å². The maximum absolute atomic E-state index is 13.2. The van der Waals surface area contributed by atoms with E-state index in [-0.39, 0.29) is 30.5 Å². The number of anilines is 2. The number of carbonyl (C=O) groups excluding carboxylic acids is 2. The predicted molar refractivity (Wildman–Crippen MR) is 153 cm³/mol. The quantitative estimate of drug-likeness (QED) is 0.537. The fourth-order valence-corrected chi connectivity index (χ4v) is 4.91. The van der Waals surface area contributed by atoms with Crippen LogP contribution in [0.4, 0.5) is 11.8 Å². The first-order chi connectivity index (χ1) is 19.2. The molecule has 210 valence electrons. The van der Waals surface area contributed by atoms with Gasteiger partial charge in [-0.15, -0.1) is 0 Å². The van der Waals surface area contributed by atoms with Crippen LogP contribution in [0.5, 0.6) is 11.5 Å². The van der Waals surface area contributed by atoms with Crippen LogP contribution in [-0.2, 0) is 22.6 Å². The summed E-state index contributed by atoms with van der Waals surface area (Å²) < 4.78 is 12.6. The SMILES string of the molecule is CCc1cc(N2C[C@@H]3NC(=O)CN(C)C(=O)c4ccc(C)c(c4)Oc4cccc(c4)CO[C@H]3C2)nc(N(C)C)n1. The molecule has 0 radical (unpaired) electrons. The molecule has 3 aromatic rings. The van der Waals surface area contributed by atoms with E-state index in [1.54, 1.807) is 19.2 Å². The van der Waals surface area contributed by atoms with E-state index in [0.29, 0.717) is 42.7 Å². The van der Waals surface area contributed by atoms with E-state index >= 15 is 0 Å². The van der Waals surface area contributed by atoms with Gasteiger partial charge in [0.05, 0.1) is 25.3 Å². The molecule has 1 fully saturated rings. The van der Waals surface area contributed by atoms with Gasteiger partial charge in [-0.3, -0.25) is 9.59 Å². The highest BCUT2D eigenvalue weighted by atomic mass is 16.5. The second-order valence-corrected chi connectivity index (χ2v) is 10.6. The van der Waals surface area contributed by atoms with Gasteiger partial charge >= 0.3 is 0 Å². The summed E-state index contributed by atoms with van der Waals surface area (Å²) in [7, 11) is 5.46. The number of nitrogens with one attached hydrogen (secondary N) is 1. The number of aryl methyl sites for hydroxylation is 2. The lowest BCUT2D eigenvalue weighted by molar-refractivity contribution is -0.123. The van der Waals surface area contributed by atoms with Crippen LogP contribution >= 0.6 is 0 Å². The molecular formula is C30H36N6O4. The summed E-state index contributed by atoms with van der Waals surface area (Å²) >= 11 is 0. The van der Waals surface area contributed by atoms with Crippen LogP contribution in [0.2, 0.25) is 0 Å². The topological polar surface area (TPSA) is 100 Å². The average molecular weight is 545 g/mol. The van der Waals surface area contributed by atoms with Gasteiger partial charge in [0, 0.05) is 51.6 Å². The highest BCUT2D eigenvalue weighted by Gasteiger charge is 2.36. The maximum atomic E-state index is 13.2. The van der Waals surface area contributed by atoms with Crippen molar-refractivity contribution in [3.8, 4) is 11.5 Å². The number of hydrogen-bond acceptors (Lipinski definition) is 8. The Kier molecular flexibility index (Phi) is 7.88. The van der Waals surface area contributed by atoms with Crippen molar-refractivity contribution in [1.29, 1.82) is 0 Å². The van der Waals surface area contributed by atoms with Gasteiger partial charge in [0.1, 0.15) is 17.3 Å². The van der Waals surface area contributed by atoms with Crippen LogP contribution in [0.3, 0.4) is 0 Å². The zero-order valence-corrected chi connectivity index (χ0v) is 23.7. The van der Waals surface area contributed by atoms with Crippen LogP contribution < -0.4 is 19.9 Å². The number of benzene rings is 2. The third kappa shape index (κ3) is 6.02. The molecule has 2 atom stereocenters. The number of nitrogens with zero attached hydrogens (tertiary/aromatic N) is 5. The fraction of sp³-hybridized carbons (Fsp3) is 0.400. The molecule has 0 spiro atoms. The Morgan fingerprint density at radius 1 is 1.07 bits per heavy atom. The van der Waals surface area contributed by atoms with Gasteiger partial charge in [-0.2, -0.15) is 4.98 Å². The lowest BCUT2D eigenvalue weighted by Gasteiger charge is -2.23. The predicted octanol–water partition coefficient (Wildman–Crippen LogP) is 3.18. The molecule has 1 aromatic heterocycles. The maximum Gasteiger partial charge on any atom is 0.254 e. The van der Waals surface area contributed by atoms with Gasteiger partial charge in [-0.1, -0.05) is 25.1 Å². The third-order valence-electron chi connectivity index (χ3n) is 7.21. The molecule has 0 unspecified atom stereocenters. The Labute approximate surface area is 234 Å². The molecule has 1 N–H and O–H groups in total. The summed E-state index contributed by atoms with van der Waals surface area (Å²) in [6, 6.07) is 14.8. The zero-order valence-electron chi connectivity index (χ0n) is 23.7. The van der Waals surface area contributed by atoms with Gasteiger partial charge in [0.15, 0.2) is 0 Å². The molecule has 5 rings (SSSR count). The molecule has 3 heterocycles. The van der Waals surface area contributed by atoms with Crippen molar-refractivity contribution in [3.05, 3.63) is 70.9 Å². The molecule has 4 bridgehead atoms.